The summed E-state index contributed by atoms with van der Waals surface area (Å²) in [5, 5.41) is 15.2. The van der Waals surface area contributed by atoms with Gasteiger partial charge in [0.2, 0.25) is 0 Å². The van der Waals surface area contributed by atoms with Crippen molar-refractivity contribution in [1.29, 1.82) is 0 Å². The summed E-state index contributed by atoms with van der Waals surface area (Å²) in [5.74, 6) is -1.60. The van der Waals surface area contributed by atoms with Gasteiger partial charge >= 0.3 is 12.1 Å². The third kappa shape index (κ3) is 4.77. The quantitative estimate of drug-likeness (QED) is 0.437. The smallest absolute Gasteiger partial charge is 0.407 e. The molecule has 0 aliphatic heterocycles. The van der Waals surface area contributed by atoms with Gasteiger partial charge in [-0.25, -0.2) is 14.6 Å². The van der Waals surface area contributed by atoms with Gasteiger partial charge in [0.15, 0.2) is 0 Å². The summed E-state index contributed by atoms with van der Waals surface area (Å²) in [4.78, 5) is 41.4. The predicted molar refractivity (Wildman–Crippen MR) is 130 cm³/mol. The van der Waals surface area contributed by atoms with Crippen LogP contribution in [0.4, 0.5) is 4.79 Å². The van der Waals surface area contributed by atoms with Gasteiger partial charge in [0.1, 0.15) is 23.4 Å². The van der Waals surface area contributed by atoms with Crippen molar-refractivity contribution in [3.63, 3.8) is 0 Å². The number of hydrogen-bond acceptors (Lipinski definition) is 6. The summed E-state index contributed by atoms with van der Waals surface area (Å²) in [6.45, 7) is 2.07. The van der Waals surface area contributed by atoms with Gasteiger partial charge in [-0.05, 0) is 47.9 Å². The minimum Gasteiger partial charge on any atom is -0.480 e. The Balaban J connectivity index is 1.17. The predicted octanol–water partition coefficient (Wildman–Crippen LogP) is 4.08. The number of hydrogen-bond donors (Lipinski definition) is 3. The normalized spacial score (nSPS) is 15.1. The molecule has 3 N–H and O–H groups in total. The first-order valence-corrected chi connectivity index (χ1v) is 12.3. The number of nitrogens with zero attached hydrogens (tertiary/aromatic N) is 1. The molecule has 35 heavy (non-hydrogen) atoms. The Bertz CT molecular complexity index is 1250. The SMILES string of the molecule is Cc1sc(CNC(=O)OCC2c3ccccc3-c3ccccc32)nc1C(=O)NC(C(=O)O)C1CC1. The van der Waals surface area contributed by atoms with Gasteiger partial charge in [-0.3, -0.25) is 4.79 Å². The highest BCUT2D eigenvalue weighted by Crippen LogP contribution is 2.44. The van der Waals surface area contributed by atoms with E-state index in [0.29, 0.717) is 9.88 Å². The lowest BCUT2D eigenvalue weighted by Crippen LogP contribution is -2.42. The summed E-state index contributed by atoms with van der Waals surface area (Å²) in [6.07, 6.45) is 1.02. The molecular weight excluding hydrogens is 466 g/mol. The maximum atomic E-state index is 12.6. The maximum Gasteiger partial charge on any atom is 0.407 e. The monoisotopic (exact) mass is 491 g/mol. The largest absolute Gasteiger partial charge is 0.480 e. The number of nitrogens with one attached hydrogen (secondary N) is 2. The number of aryl methyl sites for hydroxylation is 1. The number of ether oxygens (including phenoxy) is 1. The molecule has 0 saturated heterocycles. The molecular formula is C26H25N3O5S. The van der Waals surface area contributed by atoms with Crippen molar-refractivity contribution in [2.45, 2.75) is 38.3 Å². The van der Waals surface area contributed by atoms with E-state index in [2.05, 4.69) is 39.9 Å². The molecule has 1 fully saturated rings. The molecule has 2 aromatic carbocycles. The van der Waals surface area contributed by atoms with Crippen LogP contribution in [0.5, 0.6) is 0 Å². The van der Waals surface area contributed by atoms with Gasteiger partial charge in [-0.1, -0.05) is 48.5 Å². The van der Waals surface area contributed by atoms with Gasteiger partial charge in [-0.15, -0.1) is 11.3 Å². The Hall–Kier alpha value is -3.72. The molecule has 9 heteroatoms. The molecule has 1 unspecified atom stereocenters. The van der Waals surface area contributed by atoms with Crippen molar-refractivity contribution >= 4 is 29.3 Å². The van der Waals surface area contributed by atoms with E-state index in [1.807, 2.05) is 24.3 Å². The zero-order valence-corrected chi connectivity index (χ0v) is 19.9. The van der Waals surface area contributed by atoms with Crippen LogP contribution in [0.1, 0.15) is 50.3 Å². The fourth-order valence-corrected chi connectivity index (χ4v) is 5.42. The second kappa shape index (κ2) is 9.50. The van der Waals surface area contributed by atoms with Crippen LogP contribution in [0.15, 0.2) is 48.5 Å². The topological polar surface area (TPSA) is 118 Å². The summed E-state index contributed by atoms with van der Waals surface area (Å²) in [7, 11) is 0. The van der Waals surface area contributed by atoms with E-state index < -0.39 is 24.0 Å². The molecule has 2 aliphatic rings. The van der Waals surface area contributed by atoms with Gasteiger partial charge in [-0.2, -0.15) is 0 Å². The molecule has 180 valence electrons. The molecule has 2 amide bonds. The summed E-state index contributed by atoms with van der Waals surface area (Å²) < 4.78 is 5.54. The number of aliphatic carboxylic acids is 1. The van der Waals surface area contributed by atoms with Crippen LogP contribution in [-0.4, -0.2) is 40.7 Å². The maximum absolute atomic E-state index is 12.6. The van der Waals surface area contributed by atoms with Crippen molar-refractivity contribution in [2.24, 2.45) is 5.92 Å². The standard InChI is InChI=1S/C26H25N3O5S/c1-14-22(24(30)29-23(25(31)32)15-10-11-15)28-21(35-14)12-27-26(33)34-13-20-18-8-4-2-6-16(18)17-7-3-5-9-19(17)20/h2-9,15,20,23H,10-13H2,1H3,(H,27,33)(H,29,30)(H,31,32). The molecule has 3 aromatic rings. The highest BCUT2D eigenvalue weighted by Gasteiger charge is 2.38. The highest BCUT2D eigenvalue weighted by molar-refractivity contribution is 7.11. The molecule has 1 saturated carbocycles. The summed E-state index contributed by atoms with van der Waals surface area (Å²) >= 11 is 1.28. The number of carboxylic acids is 1. The fourth-order valence-electron chi connectivity index (χ4n) is 4.56. The zero-order valence-electron chi connectivity index (χ0n) is 19.1. The minimum absolute atomic E-state index is 0.0231. The number of benzene rings is 2. The van der Waals surface area contributed by atoms with E-state index in [1.165, 1.54) is 11.3 Å². The summed E-state index contributed by atoms with van der Waals surface area (Å²) in [6, 6.07) is 15.4. The number of carboxylic acid groups (broad SMARTS) is 1. The van der Waals surface area contributed by atoms with E-state index in [9.17, 15) is 19.5 Å². The first-order valence-electron chi connectivity index (χ1n) is 11.5. The van der Waals surface area contributed by atoms with Crippen molar-refractivity contribution in [2.75, 3.05) is 6.61 Å². The van der Waals surface area contributed by atoms with Crippen LogP contribution in [-0.2, 0) is 16.1 Å². The zero-order chi connectivity index (χ0) is 24.5. The molecule has 1 atom stereocenters. The van der Waals surface area contributed by atoms with Crippen molar-refractivity contribution in [3.8, 4) is 11.1 Å². The number of carbonyl (C=O) groups excluding carboxylic acids is 2. The number of carbonyl (C=O) groups is 3. The van der Waals surface area contributed by atoms with Gasteiger partial charge in [0.25, 0.3) is 5.91 Å². The van der Waals surface area contributed by atoms with Crippen LogP contribution in [0.25, 0.3) is 11.1 Å². The number of fused-ring (bicyclic) bond motifs is 3. The molecule has 0 radical (unpaired) electrons. The van der Waals surface area contributed by atoms with Crippen LogP contribution < -0.4 is 10.6 Å². The third-order valence-corrected chi connectivity index (χ3v) is 7.40. The minimum atomic E-state index is -1.04. The van der Waals surface area contributed by atoms with Crippen molar-refractivity contribution < 1.29 is 24.2 Å². The Morgan fingerprint density at radius 3 is 2.31 bits per heavy atom. The van der Waals surface area contributed by atoms with E-state index in [0.717, 1.165) is 35.1 Å². The second-order valence-corrected chi connectivity index (χ2v) is 10.1. The third-order valence-electron chi connectivity index (χ3n) is 6.43. The van der Waals surface area contributed by atoms with Crippen molar-refractivity contribution in [3.05, 3.63) is 75.2 Å². The average Bonchev–Trinajstić information content (AvgIpc) is 3.55. The molecule has 5 rings (SSSR count). The van der Waals surface area contributed by atoms with E-state index in [4.69, 9.17) is 4.74 Å². The highest BCUT2D eigenvalue weighted by atomic mass is 32.1. The molecule has 0 bridgehead atoms. The molecule has 1 aromatic heterocycles. The van der Waals surface area contributed by atoms with Gasteiger partial charge in [0.05, 0.1) is 6.54 Å². The van der Waals surface area contributed by atoms with E-state index in [1.54, 1.807) is 6.92 Å². The van der Waals surface area contributed by atoms with Crippen LogP contribution in [0, 0.1) is 12.8 Å². The number of amides is 2. The number of thiazole rings is 1. The Kier molecular flexibility index (Phi) is 6.25. The van der Waals surface area contributed by atoms with Crippen molar-refractivity contribution in [1.82, 2.24) is 15.6 Å². The lowest BCUT2D eigenvalue weighted by atomic mass is 9.98. The first-order chi connectivity index (χ1) is 16.9. The molecule has 1 heterocycles. The lowest BCUT2D eigenvalue weighted by Gasteiger charge is -2.14. The van der Waals surface area contributed by atoms with Gasteiger partial charge < -0.3 is 20.5 Å². The lowest BCUT2D eigenvalue weighted by molar-refractivity contribution is -0.139. The van der Waals surface area contributed by atoms with Crippen LogP contribution in [0.2, 0.25) is 0 Å². The second-order valence-electron chi connectivity index (χ2n) is 8.82. The average molecular weight is 492 g/mol. The first kappa shape index (κ1) is 23.0. The Morgan fingerprint density at radius 1 is 1.09 bits per heavy atom. The van der Waals surface area contributed by atoms with E-state index >= 15 is 0 Å². The fraction of sp³-hybridized carbons (Fsp3) is 0.308. The Labute approximate surface area is 206 Å². The number of rotatable bonds is 8. The van der Waals surface area contributed by atoms with E-state index in [-0.39, 0.29) is 30.7 Å². The Morgan fingerprint density at radius 2 is 1.71 bits per heavy atom. The summed E-state index contributed by atoms with van der Waals surface area (Å²) in [5.41, 5.74) is 4.78. The van der Waals surface area contributed by atoms with Crippen LogP contribution in [0.3, 0.4) is 0 Å². The molecule has 0 spiro atoms. The van der Waals surface area contributed by atoms with Gasteiger partial charge in [0, 0.05) is 10.8 Å². The molecule has 2 aliphatic carbocycles. The number of alkyl carbamates (subject to hydrolysis) is 1. The van der Waals surface area contributed by atoms with Crippen LogP contribution >= 0.6 is 11.3 Å². The molecule has 8 nitrogen and oxygen atoms in total. The number of aromatic nitrogens is 1.